The van der Waals surface area contributed by atoms with Gasteiger partial charge in [0.05, 0.1) is 0 Å². The zero-order valence-corrected chi connectivity index (χ0v) is 12.4. The van der Waals surface area contributed by atoms with Crippen molar-refractivity contribution >= 4 is 11.8 Å². The Bertz CT molecular complexity index is 325. The van der Waals surface area contributed by atoms with Crippen molar-refractivity contribution in [2.75, 3.05) is 0 Å². The van der Waals surface area contributed by atoms with Gasteiger partial charge in [0.1, 0.15) is 6.04 Å². The van der Waals surface area contributed by atoms with E-state index in [0.717, 1.165) is 12.8 Å². The monoisotopic (exact) mass is 254 g/mol. The van der Waals surface area contributed by atoms with Gasteiger partial charge < -0.3 is 10.2 Å². The largest absolute Gasteiger partial charge is 0.344 e. The first-order valence-electron chi connectivity index (χ1n) is 6.77. The van der Waals surface area contributed by atoms with Crippen LogP contribution in [0.25, 0.3) is 0 Å². The molecular weight excluding hydrogens is 228 g/mol. The summed E-state index contributed by atoms with van der Waals surface area (Å²) in [5.41, 5.74) is -0.462. The molecule has 104 valence electrons. The fourth-order valence-electron chi connectivity index (χ4n) is 1.91. The molecule has 0 bridgehead atoms. The van der Waals surface area contributed by atoms with Crippen molar-refractivity contribution in [1.29, 1.82) is 0 Å². The lowest BCUT2D eigenvalue weighted by Crippen LogP contribution is -2.52. The Balaban J connectivity index is 2.62. The van der Waals surface area contributed by atoms with E-state index < -0.39 is 11.5 Å². The molecule has 0 aliphatic heterocycles. The van der Waals surface area contributed by atoms with Crippen LogP contribution in [-0.4, -0.2) is 34.8 Å². The van der Waals surface area contributed by atoms with Gasteiger partial charge in [-0.05, 0) is 33.6 Å². The van der Waals surface area contributed by atoms with Crippen LogP contribution in [0.2, 0.25) is 0 Å². The summed E-state index contributed by atoms with van der Waals surface area (Å²) in [6, 6.07) is 0.130. The lowest BCUT2D eigenvalue weighted by molar-refractivity contribution is -0.139. The van der Waals surface area contributed by atoms with Gasteiger partial charge in [0.15, 0.2) is 0 Å². The molecule has 0 radical (unpaired) electrons. The smallest absolute Gasteiger partial charge is 0.245 e. The first kappa shape index (κ1) is 15.0. The number of nitrogens with zero attached hydrogens (tertiary/aromatic N) is 1. The number of amides is 2. The molecule has 0 aromatic rings. The molecular formula is C14H26N2O2. The molecule has 1 fully saturated rings. The zero-order valence-electron chi connectivity index (χ0n) is 12.4. The summed E-state index contributed by atoms with van der Waals surface area (Å²) in [7, 11) is 0. The summed E-state index contributed by atoms with van der Waals surface area (Å²) < 4.78 is 0. The number of carbonyl (C=O) groups is 2. The highest BCUT2D eigenvalue weighted by molar-refractivity contribution is 5.89. The average Bonchev–Trinajstić information content (AvgIpc) is 2.99. The van der Waals surface area contributed by atoms with E-state index in [1.165, 1.54) is 0 Å². The molecule has 18 heavy (non-hydrogen) atoms. The Morgan fingerprint density at radius 2 is 1.67 bits per heavy atom. The Morgan fingerprint density at radius 1 is 1.17 bits per heavy atom. The number of carbonyl (C=O) groups excluding carboxylic acids is 2. The molecule has 4 heteroatoms. The van der Waals surface area contributed by atoms with E-state index in [9.17, 15) is 9.59 Å². The van der Waals surface area contributed by atoms with Crippen molar-refractivity contribution in [2.24, 2.45) is 5.41 Å². The summed E-state index contributed by atoms with van der Waals surface area (Å²) in [6.07, 6.45) is 2.17. The van der Waals surface area contributed by atoms with Crippen molar-refractivity contribution in [3.05, 3.63) is 0 Å². The molecule has 0 saturated heterocycles. The van der Waals surface area contributed by atoms with Crippen LogP contribution in [0.3, 0.4) is 0 Å². The zero-order chi connectivity index (χ0) is 14.1. The maximum atomic E-state index is 12.3. The average molecular weight is 254 g/mol. The predicted molar refractivity (Wildman–Crippen MR) is 72.1 cm³/mol. The molecule has 0 spiro atoms. The van der Waals surface area contributed by atoms with Gasteiger partial charge in [-0.15, -0.1) is 0 Å². The maximum absolute atomic E-state index is 12.3. The Kier molecular flexibility index (Phi) is 4.41. The summed E-state index contributed by atoms with van der Waals surface area (Å²) in [5.74, 6) is -0.0482. The van der Waals surface area contributed by atoms with Crippen molar-refractivity contribution in [1.82, 2.24) is 10.2 Å². The fraction of sp³-hybridized carbons (Fsp3) is 0.857. The highest BCUT2D eigenvalue weighted by atomic mass is 16.2. The first-order valence-corrected chi connectivity index (χ1v) is 6.77. The third-order valence-corrected chi connectivity index (χ3v) is 3.15. The molecule has 2 amide bonds. The second-order valence-corrected chi connectivity index (χ2v) is 6.52. The maximum Gasteiger partial charge on any atom is 0.245 e. The highest BCUT2D eigenvalue weighted by Gasteiger charge is 2.37. The first-order chi connectivity index (χ1) is 8.14. The van der Waals surface area contributed by atoms with Gasteiger partial charge in [0, 0.05) is 17.5 Å². The molecule has 1 atom stereocenters. The second kappa shape index (κ2) is 5.29. The topological polar surface area (TPSA) is 49.4 Å². The molecule has 1 N–H and O–H groups in total. The number of rotatable bonds is 4. The molecule has 0 aromatic carbocycles. The molecule has 0 aromatic heterocycles. The summed E-state index contributed by atoms with van der Waals surface area (Å²) in [6.45, 7) is 11.4. The lowest BCUT2D eigenvalue weighted by Gasteiger charge is -2.31. The third-order valence-electron chi connectivity index (χ3n) is 3.15. The Morgan fingerprint density at radius 3 is 2.00 bits per heavy atom. The van der Waals surface area contributed by atoms with Crippen molar-refractivity contribution < 1.29 is 9.59 Å². The molecule has 1 aliphatic carbocycles. The molecule has 4 nitrogen and oxygen atoms in total. The minimum absolute atomic E-state index is 0.0325. The van der Waals surface area contributed by atoms with E-state index >= 15 is 0 Å². The second-order valence-electron chi connectivity index (χ2n) is 6.52. The predicted octanol–water partition coefficient (Wildman–Crippen LogP) is 1.94. The fourth-order valence-corrected chi connectivity index (χ4v) is 1.91. The van der Waals surface area contributed by atoms with Crippen molar-refractivity contribution in [3.8, 4) is 0 Å². The van der Waals surface area contributed by atoms with Crippen LogP contribution < -0.4 is 5.32 Å². The quantitative estimate of drug-likeness (QED) is 0.833. The van der Waals surface area contributed by atoms with Gasteiger partial charge in [0.2, 0.25) is 11.8 Å². The standard InChI is InChI=1S/C14H26N2O2/c1-9(2)16(11-7-8-11)12(17)10(3)15-13(18)14(4,5)6/h9-11H,7-8H2,1-6H3,(H,15,18)/t10-/m1/s1. The minimum Gasteiger partial charge on any atom is -0.344 e. The van der Waals surface area contributed by atoms with Gasteiger partial charge in [-0.2, -0.15) is 0 Å². The molecule has 0 heterocycles. The summed E-state index contributed by atoms with van der Waals surface area (Å²) >= 11 is 0. The number of nitrogens with one attached hydrogen (secondary N) is 1. The number of hydrogen-bond acceptors (Lipinski definition) is 2. The molecule has 1 rings (SSSR count). The molecule has 1 saturated carbocycles. The minimum atomic E-state index is -0.462. The van der Waals surface area contributed by atoms with E-state index in [4.69, 9.17) is 0 Å². The van der Waals surface area contributed by atoms with Crippen molar-refractivity contribution in [3.63, 3.8) is 0 Å². The summed E-state index contributed by atoms with van der Waals surface area (Å²) in [4.78, 5) is 26.1. The van der Waals surface area contributed by atoms with Crippen LogP contribution in [0.5, 0.6) is 0 Å². The SMILES string of the molecule is CC(C)N(C(=O)[C@@H](C)NC(=O)C(C)(C)C)C1CC1. The van der Waals surface area contributed by atoms with Crippen LogP contribution >= 0.6 is 0 Å². The van der Waals surface area contributed by atoms with Crippen LogP contribution in [0, 0.1) is 5.41 Å². The van der Waals surface area contributed by atoms with E-state index in [2.05, 4.69) is 5.32 Å². The third kappa shape index (κ3) is 3.72. The van der Waals surface area contributed by atoms with E-state index in [1.54, 1.807) is 6.92 Å². The van der Waals surface area contributed by atoms with Crippen LogP contribution in [0.4, 0.5) is 0 Å². The van der Waals surface area contributed by atoms with Crippen LogP contribution in [0.15, 0.2) is 0 Å². The Labute approximate surface area is 110 Å². The van der Waals surface area contributed by atoms with Gasteiger partial charge in [0.25, 0.3) is 0 Å². The highest BCUT2D eigenvalue weighted by Crippen LogP contribution is 2.29. The molecule has 0 unspecified atom stereocenters. The van der Waals surface area contributed by atoms with Gasteiger partial charge in [-0.1, -0.05) is 20.8 Å². The van der Waals surface area contributed by atoms with E-state index in [-0.39, 0.29) is 17.9 Å². The van der Waals surface area contributed by atoms with Gasteiger partial charge in [-0.3, -0.25) is 9.59 Å². The Hall–Kier alpha value is -1.06. The van der Waals surface area contributed by atoms with Gasteiger partial charge in [-0.25, -0.2) is 0 Å². The van der Waals surface area contributed by atoms with Crippen LogP contribution in [-0.2, 0) is 9.59 Å². The lowest BCUT2D eigenvalue weighted by atomic mass is 9.95. The molecule has 1 aliphatic rings. The number of hydrogen-bond donors (Lipinski definition) is 1. The van der Waals surface area contributed by atoms with Crippen LogP contribution in [0.1, 0.15) is 54.4 Å². The normalized spacial score (nSPS) is 17.5. The van der Waals surface area contributed by atoms with Crippen molar-refractivity contribution in [2.45, 2.75) is 72.5 Å². The van der Waals surface area contributed by atoms with E-state index in [1.807, 2.05) is 39.5 Å². The van der Waals surface area contributed by atoms with Gasteiger partial charge >= 0.3 is 0 Å². The van der Waals surface area contributed by atoms with E-state index in [0.29, 0.717) is 6.04 Å². The summed E-state index contributed by atoms with van der Waals surface area (Å²) in [5, 5.41) is 2.81.